The predicted molar refractivity (Wildman–Crippen MR) is 118 cm³/mol. The van der Waals surface area contributed by atoms with E-state index in [4.69, 9.17) is 21.1 Å². The summed E-state index contributed by atoms with van der Waals surface area (Å²) < 4.78 is 28.2. The molecule has 1 aliphatic rings. The summed E-state index contributed by atoms with van der Waals surface area (Å²) in [4.78, 5) is 8.32. The number of benzene rings is 1. The Kier molecular flexibility index (Phi) is 5.59. The van der Waals surface area contributed by atoms with E-state index in [-0.39, 0.29) is 18.1 Å². The molecular weight excluding hydrogens is 423 g/mol. The minimum absolute atomic E-state index is 0.225. The zero-order chi connectivity index (χ0) is 21.5. The van der Waals surface area contributed by atoms with Crippen molar-refractivity contribution in [2.75, 3.05) is 6.61 Å². The van der Waals surface area contributed by atoms with E-state index in [9.17, 15) is 4.39 Å². The Morgan fingerprint density at radius 1 is 1.20 bits per heavy atom. The number of ether oxygens (including phenoxy) is 2. The Morgan fingerprint density at radius 2 is 1.97 bits per heavy atom. The van der Waals surface area contributed by atoms with Crippen molar-refractivity contribution in [3.8, 4) is 17.1 Å². The summed E-state index contributed by atoms with van der Waals surface area (Å²) in [6, 6.07) is 5.82. The van der Waals surface area contributed by atoms with Crippen molar-refractivity contribution < 1.29 is 13.9 Å². The van der Waals surface area contributed by atoms with E-state index in [2.05, 4.69) is 34.7 Å². The Balaban J connectivity index is 1.72. The molecule has 0 unspecified atom stereocenters. The van der Waals surface area contributed by atoms with Gasteiger partial charge in [0.25, 0.3) is 0 Å². The van der Waals surface area contributed by atoms with Gasteiger partial charge in [0.1, 0.15) is 23.8 Å². The normalized spacial score (nSPS) is 15.5. The average molecular weight is 449 g/mol. The Bertz CT molecular complexity index is 1080. The molecule has 3 aromatic rings. The molecule has 0 saturated heterocycles. The molecule has 1 aromatic carbocycles. The van der Waals surface area contributed by atoms with Crippen LogP contribution in [0.25, 0.3) is 22.3 Å². The van der Waals surface area contributed by atoms with Crippen LogP contribution in [0, 0.1) is 5.82 Å². The Morgan fingerprint density at radius 3 is 2.63 bits per heavy atom. The summed E-state index contributed by atoms with van der Waals surface area (Å²) in [6.07, 6.45) is 3.24. The van der Waals surface area contributed by atoms with Crippen LogP contribution in [0.1, 0.15) is 19.8 Å². The van der Waals surface area contributed by atoms with Crippen LogP contribution in [0.2, 0.25) is 30.8 Å². The first-order valence-corrected chi connectivity index (χ1v) is 14.2. The maximum Gasteiger partial charge on any atom is 0.167 e. The summed E-state index contributed by atoms with van der Waals surface area (Å²) in [6.45, 7) is 9.78. The second kappa shape index (κ2) is 7.90. The number of hydrogen-bond donors (Lipinski definition) is 0. The van der Waals surface area contributed by atoms with Crippen molar-refractivity contribution >= 4 is 30.6 Å². The molecule has 4 rings (SSSR count). The van der Waals surface area contributed by atoms with E-state index in [0.29, 0.717) is 28.7 Å². The molecule has 9 heteroatoms. The first kappa shape index (κ1) is 21.2. The molecule has 0 atom stereocenters. The van der Waals surface area contributed by atoms with Crippen LogP contribution >= 0.6 is 11.6 Å². The lowest BCUT2D eigenvalue weighted by Crippen LogP contribution is -2.22. The molecule has 0 aliphatic heterocycles. The van der Waals surface area contributed by atoms with Gasteiger partial charge < -0.3 is 9.47 Å². The monoisotopic (exact) mass is 448 g/mol. The van der Waals surface area contributed by atoms with Crippen molar-refractivity contribution in [1.29, 1.82) is 0 Å². The fourth-order valence-corrected chi connectivity index (χ4v) is 4.02. The van der Waals surface area contributed by atoms with Gasteiger partial charge in [-0.1, -0.05) is 31.2 Å². The first-order chi connectivity index (χ1) is 14.1. The maximum atomic E-state index is 14.7. The van der Waals surface area contributed by atoms with Gasteiger partial charge in [-0.3, -0.25) is 0 Å². The van der Waals surface area contributed by atoms with Crippen molar-refractivity contribution in [2.24, 2.45) is 0 Å². The molecule has 1 aliphatic carbocycles. The fraction of sp³-hybridized carbons (Fsp3) is 0.476. The molecule has 30 heavy (non-hydrogen) atoms. The SMILES string of the molecule is CC1(Oc2cc3c(-c4cc(Cl)ncn4)n(COCC[Si](C)(C)C)nc3cc2F)CC1. The summed E-state index contributed by atoms with van der Waals surface area (Å²) in [5.74, 6) is -0.199. The predicted octanol–water partition coefficient (Wildman–Crippen LogP) is 5.53. The lowest BCUT2D eigenvalue weighted by Gasteiger charge is -2.16. The quantitative estimate of drug-likeness (QED) is 0.257. The number of rotatable bonds is 8. The highest BCUT2D eigenvalue weighted by molar-refractivity contribution is 6.76. The Hall–Kier alpha value is -2.03. The summed E-state index contributed by atoms with van der Waals surface area (Å²) in [5.41, 5.74) is 1.52. The highest BCUT2D eigenvalue weighted by Crippen LogP contribution is 2.42. The van der Waals surface area contributed by atoms with E-state index in [1.807, 2.05) is 6.92 Å². The van der Waals surface area contributed by atoms with Crippen LogP contribution in [-0.2, 0) is 11.5 Å². The summed E-state index contributed by atoms with van der Waals surface area (Å²) in [5, 5.41) is 5.63. The highest BCUT2D eigenvalue weighted by Gasteiger charge is 2.40. The number of hydrogen-bond acceptors (Lipinski definition) is 5. The van der Waals surface area contributed by atoms with Crippen LogP contribution in [-0.4, -0.2) is 40.0 Å². The molecule has 0 bridgehead atoms. The summed E-state index contributed by atoms with van der Waals surface area (Å²) >= 11 is 6.10. The van der Waals surface area contributed by atoms with Gasteiger partial charge in [0.2, 0.25) is 0 Å². The molecule has 0 radical (unpaired) electrons. The van der Waals surface area contributed by atoms with Crippen molar-refractivity contribution in [3.63, 3.8) is 0 Å². The van der Waals surface area contributed by atoms with Gasteiger partial charge in [-0.05, 0) is 31.9 Å². The fourth-order valence-electron chi connectivity index (χ4n) is 3.11. The zero-order valence-corrected chi connectivity index (χ0v) is 19.5. The summed E-state index contributed by atoms with van der Waals surface area (Å²) in [7, 11) is -1.20. The lowest BCUT2D eigenvalue weighted by atomic mass is 10.1. The second-order valence-electron chi connectivity index (χ2n) is 9.27. The van der Waals surface area contributed by atoms with Crippen molar-refractivity contribution in [1.82, 2.24) is 19.7 Å². The molecule has 1 saturated carbocycles. The number of fused-ring (bicyclic) bond motifs is 1. The van der Waals surface area contributed by atoms with E-state index in [0.717, 1.165) is 24.3 Å². The number of aromatic nitrogens is 4. The molecule has 160 valence electrons. The molecular formula is C21H26ClFN4O2Si. The maximum absolute atomic E-state index is 14.7. The average Bonchev–Trinajstić information content (AvgIpc) is 3.27. The zero-order valence-electron chi connectivity index (χ0n) is 17.7. The molecule has 6 nitrogen and oxygen atoms in total. The van der Waals surface area contributed by atoms with Gasteiger partial charge >= 0.3 is 0 Å². The number of nitrogens with zero attached hydrogens (tertiary/aromatic N) is 4. The molecule has 0 amide bonds. The smallest absolute Gasteiger partial charge is 0.167 e. The minimum Gasteiger partial charge on any atom is -0.484 e. The minimum atomic E-state index is -1.20. The van der Waals surface area contributed by atoms with Crippen LogP contribution in [0.5, 0.6) is 5.75 Å². The molecule has 0 N–H and O–H groups in total. The van der Waals surface area contributed by atoms with E-state index in [1.165, 1.54) is 12.4 Å². The third kappa shape index (κ3) is 4.82. The molecule has 2 heterocycles. The Labute approximate surface area is 181 Å². The van der Waals surface area contributed by atoms with E-state index >= 15 is 0 Å². The number of halogens is 2. The van der Waals surface area contributed by atoms with Crippen LogP contribution in [0.4, 0.5) is 4.39 Å². The van der Waals surface area contributed by atoms with Crippen LogP contribution in [0.3, 0.4) is 0 Å². The third-order valence-electron chi connectivity index (χ3n) is 5.19. The van der Waals surface area contributed by atoms with Gasteiger partial charge in [0.15, 0.2) is 11.6 Å². The van der Waals surface area contributed by atoms with Gasteiger partial charge in [-0.25, -0.2) is 19.0 Å². The first-order valence-electron chi connectivity index (χ1n) is 10.1. The highest BCUT2D eigenvalue weighted by atomic mass is 35.5. The van der Waals surface area contributed by atoms with E-state index in [1.54, 1.807) is 16.8 Å². The van der Waals surface area contributed by atoms with Gasteiger partial charge in [0.05, 0.1) is 16.9 Å². The van der Waals surface area contributed by atoms with Crippen LogP contribution in [0.15, 0.2) is 24.5 Å². The van der Waals surface area contributed by atoms with Gasteiger partial charge in [0, 0.05) is 32.2 Å². The third-order valence-corrected chi connectivity index (χ3v) is 7.10. The van der Waals surface area contributed by atoms with Gasteiger partial charge in [-0.15, -0.1) is 0 Å². The molecule has 2 aromatic heterocycles. The van der Waals surface area contributed by atoms with Crippen molar-refractivity contribution in [3.05, 3.63) is 35.5 Å². The van der Waals surface area contributed by atoms with Crippen LogP contribution < -0.4 is 4.74 Å². The topological polar surface area (TPSA) is 62.1 Å². The van der Waals surface area contributed by atoms with E-state index < -0.39 is 13.9 Å². The standard InChI is InChI=1S/C21H26ClFN4O2Si/c1-21(5-6-21)29-18-9-14-16(10-15(18)23)26-27(13-28-7-8-30(2,3)4)20(14)17-11-19(22)25-12-24-17/h9-12H,5-8,13H2,1-4H3. The molecule has 1 fully saturated rings. The molecule has 0 spiro atoms. The van der Waals surface area contributed by atoms with Crippen molar-refractivity contribution in [2.45, 2.75) is 57.8 Å². The van der Waals surface area contributed by atoms with Gasteiger partial charge in [-0.2, -0.15) is 5.10 Å². The second-order valence-corrected chi connectivity index (χ2v) is 15.3. The largest absolute Gasteiger partial charge is 0.484 e. The lowest BCUT2D eigenvalue weighted by molar-refractivity contribution is 0.0802.